The number of methoxy groups -OCH3 is 1. The van der Waals surface area contributed by atoms with E-state index < -0.39 is 0 Å². The normalized spacial score (nSPS) is 14.8. The molecule has 1 aliphatic rings. The van der Waals surface area contributed by atoms with E-state index in [-0.39, 0.29) is 29.9 Å². The molecule has 138 valence electrons. The van der Waals surface area contributed by atoms with Crippen molar-refractivity contribution in [3.8, 4) is 22.9 Å². The first-order chi connectivity index (χ1) is 12.6. The summed E-state index contributed by atoms with van der Waals surface area (Å²) in [5.74, 6) is 0.372. The number of hydrogen-bond donors (Lipinski definition) is 3. The SMILES string of the molecule is COc1ccc(-c2nc(CN)cc(C(=O)NC3CCOCC3)n2)cc1O. The van der Waals surface area contributed by atoms with Crippen molar-refractivity contribution in [1.29, 1.82) is 0 Å². The van der Waals surface area contributed by atoms with Crippen LogP contribution in [0.4, 0.5) is 0 Å². The van der Waals surface area contributed by atoms with Crippen LogP contribution in [0.3, 0.4) is 0 Å². The molecular formula is C18H22N4O4. The van der Waals surface area contributed by atoms with Gasteiger partial charge in [-0.3, -0.25) is 4.79 Å². The standard InChI is InChI=1S/C18H22N4O4/c1-25-16-3-2-11(8-15(16)23)17-20-13(10-19)9-14(22-17)18(24)21-12-4-6-26-7-5-12/h2-3,8-9,12,23H,4-7,10,19H2,1H3,(H,21,24). The van der Waals surface area contributed by atoms with Crippen LogP contribution in [0.2, 0.25) is 0 Å². The predicted molar refractivity (Wildman–Crippen MR) is 94.9 cm³/mol. The molecule has 1 saturated heterocycles. The number of amides is 1. The number of phenols is 1. The molecule has 2 heterocycles. The lowest BCUT2D eigenvalue weighted by Gasteiger charge is -2.23. The van der Waals surface area contributed by atoms with Gasteiger partial charge >= 0.3 is 0 Å². The van der Waals surface area contributed by atoms with Crippen LogP contribution < -0.4 is 15.8 Å². The fourth-order valence-electron chi connectivity index (χ4n) is 2.78. The van der Waals surface area contributed by atoms with Crippen molar-refractivity contribution in [2.24, 2.45) is 5.73 Å². The average Bonchev–Trinajstić information content (AvgIpc) is 2.68. The molecule has 0 atom stereocenters. The first-order valence-electron chi connectivity index (χ1n) is 8.44. The van der Waals surface area contributed by atoms with E-state index in [2.05, 4.69) is 15.3 Å². The van der Waals surface area contributed by atoms with Gasteiger partial charge in [-0.2, -0.15) is 0 Å². The highest BCUT2D eigenvalue weighted by Gasteiger charge is 2.19. The molecule has 1 fully saturated rings. The van der Waals surface area contributed by atoms with Gasteiger partial charge in [0.2, 0.25) is 0 Å². The maximum Gasteiger partial charge on any atom is 0.270 e. The second-order valence-corrected chi connectivity index (χ2v) is 6.02. The predicted octanol–water partition coefficient (Wildman–Crippen LogP) is 1.23. The van der Waals surface area contributed by atoms with Crippen LogP contribution in [-0.2, 0) is 11.3 Å². The summed E-state index contributed by atoms with van der Waals surface area (Å²) in [6.45, 7) is 1.45. The Balaban J connectivity index is 1.88. The number of phenolic OH excluding ortho intramolecular Hbond substituents is 1. The number of nitrogens with zero attached hydrogens (tertiary/aromatic N) is 2. The maximum absolute atomic E-state index is 12.6. The van der Waals surface area contributed by atoms with Crippen molar-refractivity contribution < 1.29 is 19.4 Å². The molecule has 1 aliphatic heterocycles. The maximum atomic E-state index is 12.6. The Hall–Kier alpha value is -2.71. The summed E-state index contributed by atoms with van der Waals surface area (Å²) in [5.41, 5.74) is 7.08. The van der Waals surface area contributed by atoms with Crippen LogP contribution in [0.1, 0.15) is 29.0 Å². The number of nitrogens with one attached hydrogen (secondary N) is 1. The summed E-state index contributed by atoms with van der Waals surface area (Å²) in [6, 6.07) is 6.48. The van der Waals surface area contributed by atoms with Crippen molar-refractivity contribution in [2.45, 2.75) is 25.4 Å². The van der Waals surface area contributed by atoms with Crippen molar-refractivity contribution in [1.82, 2.24) is 15.3 Å². The Morgan fingerprint density at radius 2 is 2.12 bits per heavy atom. The van der Waals surface area contributed by atoms with Gasteiger partial charge in [0.15, 0.2) is 17.3 Å². The Bertz CT molecular complexity index is 791. The fourth-order valence-corrected chi connectivity index (χ4v) is 2.78. The Morgan fingerprint density at radius 1 is 1.35 bits per heavy atom. The summed E-state index contributed by atoms with van der Waals surface area (Å²) in [7, 11) is 1.47. The summed E-state index contributed by atoms with van der Waals surface area (Å²) in [5, 5.41) is 13.0. The monoisotopic (exact) mass is 358 g/mol. The fraction of sp³-hybridized carbons (Fsp3) is 0.389. The summed E-state index contributed by atoms with van der Waals surface area (Å²) in [4.78, 5) is 21.3. The molecule has 0 radical (unpaired) electrons. The van der Waals surface area contributed by atoms with Gasteiger partial charge in [0, 0.05) is 31.4 Å². The zero-order chi connectivity index (χ0) is 18.5. The molecule has 0 unspecified atom stereocenters. The quantitative estimate of drug-likeness (QED) is 0.735. The van der Waals surface area contributed by atoms with Gasteiger partial charge in [0.1, 0.15) is 5.69 Å². The van der Waals surface area contributed by atoms with Gasteiger partial charge < -0.3 is 25.6 Å². The van der Waals surface area contributed by atoms with Crippen molar-refractivity contribution in [3.05, 3.63) is 35.7 Å². The van der Waals surface area contributed by atoms with Gasteiger partial charge in [-0.15, -0.1) is 0 Å². The molecule has 0 saturated carbocycles. The Kier molecular flexibility index (Phi) is 5.65. The second-order valence-electron chi connectivity index (χ2n) is 6.02. The van der Waals surface area contributed by atoms with E-state index in [1.807, 2.05) is 0 Å². The molecule has 0 aliphatic carbocycles. The lowest BCUT2D eigenvalue weighted by molar-refractivity contribution is 0.0694. The highest BCUT2D eigenvalue weighted by Crippen LogP contribution is 2.30. The van der Waals surface area contributed by atoms with E-state index in [0.717, 1.165) is 12.8 Å². The lowest BCUT2D eigenvalue weighted by atomic mass is 10.1. The van der Waals surface area contributed by atoms with Crippen LogP contribution in [0.5, 0.6) is 11.5 Å². The summed E-state index contributed by atoms with van der Waals surface area (Å²) in [6.07, 6.45) is 1.56. The average molecular weight is 358 g/mol. The lowest BCUT2D eigenvalue weighted by Crippen LogP contribution is -2.39. The molecule has 1 amide bonds. The Labute approximate surface area is 151 Å². The van der Waals surface area contributed by atoms with E-state index >= 15 is 0 Å². The highest BCUT2D eigenvalue weighted by atomic mass is 16.5. The van der Waals surface area contributed by atoms with Crippen molar-refractivity contribution in [2.75, 3.05) is 20.3 Å². The molecule has 8 heteroatoms. The zero-order valence-electron chi connectivity index (χ0n) is 14.6. The van der Waals surface area contributed by atoms with Gasteiger partial charge in [0.05, 0.1) is 12.8 Å². The number of ether oxygens (including phenoxy) is 2. The molecule has 8 nitrogen and oxygen atoms in total. The Morgan fingerprint density at radius 3 is 2.77 bits per heavy atom. The molecule has 2 aromatic rings. The van der Waals surface area contributed by atoms with Crippen LogP contribution >= 0.6 is 0 Å². The van der Waals surface area contributed by atoms with E-state index in [1.54, 1.807) is 18.2 Å². The topological polar surface area (TPSA) is 120 Å². The minimum Gasteiger partial charge on any atom is -0.504 e. The van der Waals surface area contributed by atoms with Gasteiger partial charge in [-0.25, -0.2) is 9.97 Å². The van der Waals surface area contributed by atoms with E-state index in [0.29, 0.717) is 36.0 Å². The smallest absolute Gasteiger partial charge is 0.270 e. The van der Waals surface area contributed by atoms with Gasteiger partial charge in [-0.05, 0) is 37.1 Å². The van der Waals surface area contributed by atoms with Crippen molar-refractivity contribution >= 4 is 5.91 Å². The molecule has 1 aromatic carbocycles. The first-order valence-corrected chi connectivity index (χ1v) is 8.44. The third kappa shape index (κ3) is 4.09. The number of hydrogen-bond acceptors (Lipinski definition) is 7. The van der Waals surface area contributed by atoms with Crippen LogP contribution in [-0.4, -0.2) is 47.3 Å². The van der Waals surface area contributed by atoms with Crippen molar-refractivity contribution in [3.63, 3.8) is 0 Å². The number of aromatic nitrogens is 2. The minimum atomic E-state index is -0.270. The van der Waals surface area contributed by atoms with Gasteiger partial charge in [0.25, 0.3) is 5.91 Å². The third-order valence-corrected chi connectivity index (χ3v) is 4.21. The molecule has 0 spiro atoms. The number of carbonyl (C=O) groups excluding carboxylic acids is 1. The second kappa shape index (κ2) is 8.11. The first kappa shape index (κ1) is 18.1. The number of rotatable bonds is 5. The summed E-state index contributed by atoms with van der Waals surface area (Å²) >= 11 is 0. The molecular weight excluding hydrogens is 336 g/mol. The minimum absolute atomic E-state index is 0.0278. The number of carbonyl (C=O) groups is 1. The highest BCUT2D eigenvalue weighted by molar-refractivity contribution is 5.93. The largest absolute Gasteiger partial charge is 0.504 e. The molecule has 26 heavy (non-hydrogen) atoms. The van der Waals surface area contributed by atoms with E-state index in [4.69, 9.17) is 15.2 Å². The molecule has 4 N–H and O–H groups in total. The zero-order valence-corrected chi connectivity index (χ0v) is 14.6. The van der Waals surface area contributed by atoms with Gasteiger partial charge in [-0.1, -0.05) is 0 Å². The summed E-state index contributed by atoms with van der Waals surface area (Å²) < 4.78 is 10.3. The molecule has 1 aromatic heterocycles. The molecule has 0 bridgehead atoms. The number of nitrogens with two attached hydrogens (primary N) is 1. The van der Waals surface area contributed by atoms with Crippen LogP contribution in [0, 0.1) is 0 Å². The van der Waals surface area contributed by atoms with E-state index in [9.17, 15) is 9.90 Å². The van der Waals surface area contributed by atoms with E-state index in [1.165, 1.54) is 13.2 Å². The number of aromatic hydroxyl groups is 1. The number of benzene rings is 1. The van der Waals surface area contributed by atoms with Crippen LogP contribution in [0.15, 0.2) is 24.3 Å². The molecule has 3 rings (SSSR count). The third-order valence-electron chi connectivity index (χ3n) is 4.21. The van der Waals surface area contributed by atoms with Crippen LogP contribution in [0.25, 0.3) is 11.4 Å².